The predicted octanol–water partition coefficient (Wildman–Crippen LogP) is 3.50. The monoisotopic (exact) mass is 233 g/mol. The summed E-state index contributed by atoms with van der Waals surface area (Å²) in [5.74, 6) is 1.19. The van der Waals surface area contributed by atoms with Gasteiger partial charge in [0.25, 0.3) is 0 Å². The highest BCUT2D eigenvalue weighted by Gasteiger charge is 2.10. The van der Waals surface area contributed by atoms with Crippen LogP contribution >= 0.6 is 0 Å². The van der Waals surface area contributed by atoms with E-state index in [-0.39, 0.29) is 5.82 Å². The molecule has 0 spiro atoms. The Morgan fingerprint density at radius 1 is 1.24 bits per heavy atom. The van der Waals surface area contributed by atoms with Gasteiger partial charge in [0.2, 0.25) is 0 Å². The molecule has 1 aromatic heterocycles. The molecule has 0 aliphatic carbocycles. The van der Waals surface area contributed by atoms with E-state index in [1.165, 1.54) is 0 Å². The van der Waals surface area contributed by atoms with Gasteiger partial charge in [0.15, 0.2) is 0 Å². The average Bonchev–Trinajstić information content (AvgIpc) is 2.78. The van der Waals surface area contributed by atoms with E-state index < -0.39 is 0 Å². The fraction of sp³-hybridized carbons (Fsp3) is 0.286. The van der Waals surface area contributed by atoms with Gasteiger partial charge in [0, 0.05) is 0 Å². The first-order valence-corrected chi connectivity index (χ1v) is 5.77. The van der Waals surface area contributed by atoms with E-state index in [1.54, 1.807) is 19.1 Å². The first-order chi connectivity index (χ1) is 8.22. The molecule has 2 aromatic rings. The number of furan rings is 1. The Bertz CT molecular complexity index is 505. The first-order valence-electron chi connectivity index (χ1n) is 5.77. The molecule has 0 atom stereocenters. The molecule has 1 aromatic carbocycles. The van der Waals surface area contributed by atoms with E-state index in [0.29, 0.717) is 23.4 Å². The molecule has 0 fully saturated rings. The molecule has 0 aliphatic heterocycles. The highest BCUT2D eigenvalue weighted by Crippen LogP contribution is 2.26. The van der Waals surface area contributed by atoms with Crippen LogP contribution in [-0.4, -0.2) is 6.54 Å². The van der Waals surface area contributed by atoms with Crippen LogP contribution in [0, 0.1) is 12.7 Å². The van der Waals surface area contributed by atoms with E-state index in [9.17, 15) is 4.39 Å². The van der Waals surface area contributed by atoms with Gasteiger partial charge in [-0.15, -0.1) is 0 Å². The molecule has 0 saturated carbocycles. The third-order valence-corrected chi connectivity index (χ3v) is 2.67. The first kappa shape index (κ1) is 11.9. The molecule has 0 amide bonds. The molecule has 2 rings (SSSR count). The zero-order valence-corrected chi connectivity index (χ0v) is 10.1. The van der Waals surface area contributed by atoms with Gasteiger partial charge in [0.1, 0.15) is 17.3 Å². The molecular weight excluding hydrogens is 217 g/mol. The van der Waals surface area contributed by atoms with E-state index in [2.05, 4.69) is 5.32 Å². The average molecular weight is 233 g/mol. The van der Waals surface area contributed by atoms with E-state index in [0.717, 1.165) is 12.3 Å². The van der Waals surface area contributed by atoms with Gasteiger partial charge >= 0.3 is 0 Å². The van der Waals surface area contributed by atoms with E-state index in [1.807, 2.05) is 25.1 Å². The number of benzene rings is 1. The summed E-state index contributed by atoms with van der Waals surface area (Å²) in [5, 5.41) is 3.17. The second kappa shape index (κ2) is 5.15. The van der Waals surface area contributed by atoms with Gasteiger partial charge in [-0.1, -0.05) is 19.1 Å². The largest absolute Gasteiger partial charge is 0.460 e. The lowest BCUT2D eigenvalue weighted by Gasteiger charge is -2.02. The van der Waals surface area contributed by atoms with Gasteiger partial charge in [0.05, 0.1) is 12.1 Å². The van der Waals surface area contributed by atoms with Crippen molar-refractivity contribution in [2.45, 2.75) is 20.4 Å². The minimum absolute atomic E-state index is 0.211. The standard InChI is InChI=1S/C14H16FNO/c1-3-16-9-11-7-8-13(17-11)12-6-4-5-10(2)14(12)15/h4-8,16H,3,9H2,1-2H3. The maximum absolute atomic E-state index is 13.9. The van der Waals surface area contributed by atoms with E-state index >= 15 is 0 Å². The zero-order valence-electron chi connectivity index (χ0n) is 10.1. The van der Waals surface area contributed by atoms with Crippen molar-refractivity contribution >= 4 is 0 Å². The summed E-state index contributed by atoms with van der Waals surface area (Å²) >= 11 is 0. The number of halogens is 1. The lowest BCUT2D eigenvalue weighted by molar-refractivity contribution is 0.494. The number of hydrogen-bond acceptors (Lipinski definition) is 2. The maximum Gasteiger partial charge on any atom is 0.137 e. The van der Waals surface area contributed by atoms with Crippen LogP contribution in [0.1, 0.15) is 18.2 Å². The van der Waals surface area contributed by atoms with Crippen LogP contribution in [0.15, 0.2) is 34.7 Å². The van der Waals surface area contributed by atoms with Gasteiger partial charge in [-0.2, -0.15) is 0 Å². The molecule has 0 saturated heterocycles. The maximum atomic E-state index is 13.9. The third-order valence-electron chi connectivity index (χ3n) is 2.67. The van der Waals surface area contributed by atoms with Crippen LogP contribution in [0.25, 0.3) is 11.3 Å². The molecule has 1 heterocycles. The highest BCUT2D eigenvalue weighted by molar-refractivity contribution is 5.59. The molecule has 0 unspecified atom stereocenters. The summed E-state index contributed by atoms with van der Waals surface area (Å²) < 4.78 is 19.5. The molecule has 1 N–H and O–H groups in total. The van der Waals surface area contributed by atoms with Gasteiger partial charge < -0.3 is 9.73 Å². The summed E-state index contributed by atoms with van der Waals surface area (Å²) in [7, 11) is 0. The summed E-state index contributed by atoms with van der Waals surface area (Å²) in [6, 6.07) is 9.00. The van der Waals surface area contributed by atoms with Crippen LogP contribution in [0.3, 0.4) is 0 Å². The normalized spacial score (nSPS) is 10.8. The fourth-order valence-electron chi connectivity index (χ4n) is 1.70. The molecular formula is C14H16FNO. The number of hydrogen-bond donors (Lipinski definition) is 1. The minimum Gasteiger partial charge on any atom is -0.460 e. The van der Waals surface area contributed by atoms with Crippen molar-refractivity contribution in [1.82, 2.24) is 5.32 Å². The van der Waals surface area contributed by atoms with Crippen LogP contribution < -0.4 is 5.32 Å². The second-order valence-corrected chi connectivity index (χ2v) is 3.98. The quantitative estimate of drug-likeness (QED) is 0.874. The van der Waals surface area contributed by atoms with Crippen molar-refractivity contribution in [2.75, 3.05) is 6.54 Å². The summed E-state index contributed by atoms with van der Waals surface area (Å²) in [4.78, 5) is 0. The Balaban J connectivity index is 2.27. The second-order valence-electron chi connectivity index (χ2n) is 3.98. The van der Waals surface area contributed by atoms with Gasteiger partial charge in [-0.05, 0) is 37.2 Å². The SMILES string of the molecule is CCNCc1ccc(-c2cccc(C)c2F)o1. The molecule has 0 aliphatic rings. The number of rotatable bonds is 4. The Morgan fingerprint density at radius 2 is 2.06 bits per heavy atom. The van der Waals surface area contributed by atoms with Gasteiger partial charge in [-0.3, -0.25) is 0 Å². The van der Waals surface area contributed by atoms with Crippen molar-refractivity contribution in [3.63, 3.8) is 0 Å². The predicted molar refractivity (Wildman–Crippen MR) is 66.2 cm³/mol. The lowest BCUT2D eigenvalue weighted by atomic mass is 10.1. The number of aryl methyl sites for hydroxylation is 1. The topological polar surface area (TPSA) is 25.2 Å². The molecule has 3 heteroatoms. The van der Waals surface area contributed by atoms with Crippen LogP contribution in [-0.2, 0) is 6.54 Å². The minimum atomic E-state index is -0.211. The molecule has 90 valence electrons. The smallest absolute Gasteiger partial charge is 0.137 e. The Morgan fingerprint density at radius 3 is 2.82 bits per heavy atom. The van der Waals surface area contributed by atoms with Crippen molar-refractivity contribution in [3.05, 3.63) is 47.5 Å². The van der Waals surface area contributed by atoms with Crippen LogP contribution in [0.2, 0.25) is 0 Å². The fourth-order valence-corrected chi connectivity index (χ4v) is 1.70. The van der Waals surface area contributed by atoms with Gasteiger partial charge in [-0.25, -0.2) is 4.39 Å². The Labute approximate surface area is 100 Å². The third kappa shape index (κ3) is 2.56. The van der Waals surface area contributed by atoms with Crippen molar-refractivity contribution in [3.8, 4) is 11.3 Å². The Hall–Kier alpha value is -1.61. The van der Waals surface area contributed by atoms with Crippen LogP contribution in [0.5, 0.6) is 0 Å². The van der Waals surface area contributed by atoms with Crippen LogP contribution in [0.4, 0.5) is 4.39 Å². The molecule has 17 heavy (non-hydrogen) atoms. The van der Waals surface area contributed by atoms with Crippen molar-refractivity contribution < 1.29 is 8.81 Å². The van der Waals surface area contributed by atoms with Crippen molar-refractivity contribution in [1.29, 1.82) is 0 Å². The lowest BCUT2D eigenvalue weighted by Crippen LogP contribution is -2.10. The summed E-state index contributed by atoms with van der Waals surface area (Å²) in [6.45, 7) is 5.34. The summed E-state index contributed by atoms with van der Waals surface area (Å²) in [6.07, 6.45) is 0. The Kier molecular flexibility index (Phi) is 3.59. The molecule has 0 bridgehead atoms. The summed E-state index contributed by atoms with van der Waals surface area (Å²) in [5.41, 5.74) is 1.15. The van der Waals surface area contributed by atoms with Crippen molar-refractivity contribution in [2.24, 2.45) is 0 Å². The zero-order chi connectivity index (χ0) is 12.3. The van der Waals surface area contributed by atoms with E-state index in [4.69, 9.17) is 4.42 Å². The highest BCUT2D eigenvalue weighted by atomic mass is 19.1. The number of nitrogens with one attached hydrogen (secondary N) is 1. The molecule has 2 nitrogen and oxygen atoms in total. The molecule has 0 radical (unpaired) electrons.